The number of benzene rings is 1. The second-order valence-electron chi connectivity index (χ2n) is 8.95. The molecule has 2 amide bonds. The second-order valence-corrected chi connectivity index (χ2v) is 10.1. The van der Waals surface area contributed by atoms with Gasteiger partial charge in [-0.1, -0.05) is 13.0 Å². The van der Waals surface area contributed by atoms with Crippen molar-refractivity contribution < 1.29 is 14.3 Å². The molecule has 0 bridgehead atoms. The van der Waals surface area contributed by atoms with E-state index >= 15 is 0 Å². The second kappa shape index (κ2) is 10.5. The molecule has 0 spiro atoms. The molecule has 0 N–H and O–H groups in total. The Hall–Kier alpha value is -2.97. The van der Waals surface area contributed by atoms with E-state index in [2.05, 4.69) is 44.1 Å². The Labute approximate surface area is 204 Å². The summed E-state index contributed by atoms with van der Waals surface area (Å²) in [6.07, 6.45) is 0.500. The van der Waals surface area contributed by atoms with Gasteiger partial charge in [0.05, 0.1) is 22.7 Å². The van der Waals surface area contributed by atoms with Crippen molar-refractivity contribution in [2.75, 3.05) is 46.9 Å². The molecule has 1 aliphatic rings. The van der Waals surface area contributed by atoms with Crippen molar-refractivity contribution >= 4 is 34.2 Å². The molecule has 3 heterocycles. The van der Waals surface area contributed by atoms with Gasteiger partial charge in [0.1, 0.15) is 0 Å². The summed E-state index contributed by atoms with van der Waals surface area (Å²) in [5.41, 5.74) is 3.52. The van der Waals surface area contributed by atoms with Crippen LogP contribution < -0.4 is 0 Å². The minimum Gasteiger partial charge on any atom is -0.449 e. The van der Waals surface area contributed by atoms with E-state index in [1.807, 2.05) is 25.1 Å². The maximum Gasteiger partial charge on any atom is 0.409 e. The molecule has 1 aromatic carbocycles. The lowest BCUT2D eigenvalue weighted by atomic mass is 10.0. The summed E-state index contributed by atoms with van der Waals surface area (Å²) in [6.45, 7) is 7.33. The van der Waals surface area contributed by atoms with Crippen molar-refractivity contribution in [1.29, 1.82) is 0 Å². The summed E-state index contributed by atoms with van der Waals surface area (Å²) in [7, 11) is 4.13. The van der Waals surface area contributed by atoms with Crippen LogP contribution in [0.5, 0.6) is 0 Å². The lowest BCUT2D eigenvalue weighted by Gasteiger charge is -2.34. The van der Waals surface area contributed by atoms with Crippen LogP contribution in [0, 0.1) is 6.92 Å². The van der Waals surface area contributed by atoms with Gasteiger partial charge in [-0.05, 0) is 63.3 Å². The first-order valence-corrected chi connectivity index (χ1v) is 12.5. The van der Waals surface area contributed by atoms with Gasteiger partial charge in [0, 0.05) is 48.6 Å². The third-order valence-corrected chi connectivity index (χ3v) is 7.00. The zero-order valence-electron chi connectivity index (χ0n) is 20.3. The molecule has 2 aromatic heterocycles. The number of hydrogen-bond donors (Lipinski definition) is 0. The quantitative estimate of drug-likeness (QED) is 0.514. The van der Waals surface area contributed by atoms with Gasteiger partial charge in [0.25, 0.3) is 5.91 Å². The number of fused-ring (bicyclic) bond motifs is 1. The highest BCUT2D eigenvalue weighted by Gasteiger charge is 2.26. The molecule has 1 aliphatic heterocycles. The summed E-state index contributed by atoms with van der Waals surface area (Å²) in [6, 6.07) is 12.1. The highest BCUT2D eigenvalue weighted by Crippen LogP contribution is 2.31. The van der Waals surface area contributed by atoms with E-state index in [-0.39, 0.29) is 12.0 Å². The maximum absolute atomic E-state index is 13.2. The van der Waals surface area contributed by atoms with Crippen molar-refractivity contribution in [3.8, 4) is 10.6 Å². The molecular weight excluding hydrogens is 448 g/mol. The summed E-state index contributed by atoms with van der Waals surface area (Å²) in [4.78, 5) is 38.2. The topological polar surface area (TPSA) is 66.0 Å². The Balaban J connectivity index is 1.51. The van der Waals surface area contributed by atoms with E-state index in [1.165, 1.54) is 4.88 Å². The Morgan fingerprint density at radius 1 is 1.06 bits per heavy atom. The molecule has 0 aliphatic carbocycles. The van der Waals surface area contributed by atoms with Crippen molar-refractivity contribution in [3.63, 3.8) is 0 Å². The molecule has 3 aromatic rings. The normalized spacial score (nSPS) is 14.1. The van der Waals surface area contributed by atoms with Crippen LogP contribution in [0.3, 0.4) is 0 Å². The van der Waals surface area contributed by atoms with Gasteiger partial charge in [0.15, 0.2) is 0 Å². The van der Waals surface area contributed by atoms with Crippen LogP contribution in [-0.4, -0.2) is 78.6 Å². The van der Waals surface area contributed by atoms with E-state index in [4.69, 9.17) is 9.72 Å². The van der Waals surface area contributed by atoms with E-state index in [0.717, 1.165) is 40.0 Å². The van der Waals surface area contributed by atoms with E-state index in [9.17, 15) is 9.59 Å². The molecule has 7 nitrogen and oxygen atoms in total. The Morgan fingerprint density at radius 2 is 1.79 bits per heavy atom. The highest BCUT2D eigenvalue weighted by atomic mass is 32.1. The van der Waals surface area contributed by atoms with Crippen LogP contribution in [-0.2, 0) is 11.3 Å². The SMILES string of the molecule is CCCOC(=O)N1CCN(C(=O)c2ccc3c(C)cc(-c4ccc(CN(C)C)s4)nc3c2)CC1. The first kappa shape index (κ1) is 24.2. The average molecular weight is 481 g/mol. The smallest absolute Gasteiger partial charge is 0.409 e. The lowest BCUT2D eigenvalue weighted by Crippen LogP contribution is -2.50. The molecule has 1 fully saturated rings. The fourth-order valence-electron chi connectivity index (χ4n) is 4.13. The minimum absolute atomic E-state index is 0.0299. The zero-order valence-corrected chi connectivity index (χ0v) is 21.2. The number of hydrogen-bond acceptors (Lipinski definition) is 6. The number of aromatic nitrogens is 1. The number of pyridine rings is 1. The van der Waals surface area contributed by atoms with Gasteiger partial charge >= 0.3 is 6.09 Å². The number of amides is 2. The van der Waals surface area contributed by atoms with E-state index in [0.29, 0.717) is 38.3 Å². The van der Waals surface area contributed by atoms with Crippen LogP contribution in [0.25, 0.3) is 21.5 Å². The number of aryl methyl sites for hydroxylation is 1. The number of thiophene rings is 1. The molecule has 0 saturated carbocycles. The van der Waals surface area contributed by atoms with E-state index < -0.39 is 0 Å². The summed E-state index contributed by atoms with van der Waals surface area (Å²) >= 11 is 1.75. The fraction of sp³-hybridized carbons (Fsp3) is 0.423. The first-order valence-electron chi connectivity index (χ1n) is 11.7. The molecule has 180 valence electrons. The fourth-order valence-corrected chi connectivity index (χ4v) is 5.22. The van der Waals surface area contributed by atoms with Crippen molar-refractivity contribution in [1.82, 2.24) is 19.7 Å². The van der Waals surface area contributed by atoms with Crippen molar-refractivity contribution in [2.24, 2.45) is 0 Å². The third kappa shape index (κ3) is 5.39. The molecular formula is C26H32N4O3S. The van der Waals surface area contributed by atoms with E-state index in [1.54, 1.807) is 21.1 Å². The molecule has 0 radical (unpaired) electrons. The maximum atomic E-state index is 13.2. The average Bonchev–Trinajstić information content (AvgIpc) is 3.29. The molecule has 0 unspecified atom stereocenters. The summed E-state index contributed by atoms with van der Waals surface area (Å²) in [5.74, 6) is -0.0299. The molecule has 34 heavy (non-hydrogen) atoms. The van der Waals surface area contributed by atoms with Gasteiger partial charge in [-0.3, -0.25) is 4.79 Å². The van der Waals surface area contributed by atoms with Crippen molar-refractivity contribution in [3.05, 3.63) is 52.4 Å². The van der Waals surface area contributed by atoms with Gasteiger partial charge < -0.3 is 19.4 Å². The summed E-state index contributed by atoms with van der Waals surface area (Å²) < 4.78 is 5.21. The first-order chi connectivity index (χ1) is 16.4. The number of carbonyl (C=O) groups is 2. The zero-order chi connectivity index (χ0) is 24.2. The summed E-state index contributed by atoms with van der Waals surface area (Å²) in [5, 5.41) is 1.05. The van der Waals surface area contributed by atoms with Crippen LogP contribution in [0.4, 0.5) is 4.79 Å². The Morgan fingerprint density at radius 3 is 2.50 bits per heavy atom. The Kier molecular flexibility index (Phi) is 7.48. The van der Waals surface area contributed by atoms with Gasteiger partial charge in [-0.2, -0.15) is 0 Å². The molecule has 1 saturated heterocycles. The number of nitrogens with zero attached hydrogens (tertiary/aromatic N) is 4. The largest absolute Gasteiger partial charge is 0.449 e. The van der Waals surface area contributed by atoms with Crippen LogP contribution in [0.2, 0.25) is 0 Å². The van der Waals surface area contributed by atoms with Crippen LogP contribution >= 0.6 is 11.3 Å². The van der Waals surface area contributed by atoms with Gasteiger partial charge in [-0.15, -0.1) is 11.3 Å². The molecule has 8 heteroatoms. The Bertz CT molecular complexity index is 1180. The number of rotatable bonds is 6. The van der Waals surface area contributed by atoms with Crippen molar-refractivity contribution in [2.45, 2.75) is 26.8 Å². The lowest BCUT2D eigenvalue weighted by molar-refractivity contribution is 0.0560. The monoisotopic (exact) mass is 480 g/mol. The predicted molar refractivity (Wildman–Crippen MR) is 136 cm³/mol. The van der Waals surface area contributed by atoms with Gasteiger partial charge in [-0.25, -0.2) is 9.78 Å². The predicted octanol–water partition coefficient (Wildman–Crippen LogP) is 4.64. The highest BCUT2D eigenvalue weighted by molar-refractivity contribution is 7.15. The number of piperazine rings is 1. The standard InChI is InChI=1S/C26H32N4O3S/c1-5-14-33-26(32)30-12-10-29(11-13-30)25(31)19-6-8-21-18(2)15-23(27-22(21)16-19)24-9-7-20(34-24)17-28(3)4/h6-9,15-16H,5,10-14,17H2,1-4H3. The molecule has 0 atom stereocenters. The number of ether oxygens (including phenoxy) is 1. The van der Waals surface area contributed by atoms with Gasteiger partial charge in [0.2, 0.25) is 0 Å². The van der Waals surface area contributed by atoms with Crippen LogP contribution in [0.1, 0.15) is 34.1 Å². The third-order valence-electron chi connectivity index (χ3n) is 5.90. The number of carbonyl (C=O) groups excluding carboxylic acids is 2. The van der Waals surface area contributed by atoms with Crippen LogP contribution in [0.15, 0.2) is 36.4 Å². The molecule has 4 rings (SSSR count). The minimum atomic E-state index is -0.297.